The average molecular weight is 468 g/mol. The maximum atomic E-state index is 14.2. The van der Waals surface area contributed by atoms with Crippen molar-refractivity contribution in [3.05, 3.63) is 11.3 Å². The van der Waals surface area contributed by atoms with Gasteiger partial charge in [0.1, 0.15) is 11.5 Å². The van der Waals surface area contributed by atoms with Gasteiger partial charge in [0.15, 0.2) is 0 Å². The van der Waals surface area contributed by atoms with Crippen LogP contribution < -0.4 is 0 Å². The first-order valence-corrected chi connectivity index (χ1v) is 13.6. The van der Waals surface area contributed by atoms with E-state index in [0.717, 1.165) is 44.9 Å². The van der Waals surface area contributed by atoms with Crippen molar-refractivity contribution in [1.82, 2.24) is 0 Å². The van der Waals surface area contributed by atoms with E-state index in [1.807, 2.05) is 0 Å². The van der Waals surface area contributed by atoms with Crippen LogP contribution in [0.1, 0.15) is 106 Å². The van der Waals surface area contributed by atoms with E-state index in [2.05, 4.69) is 54.5 Å². The lowest BCUT2D eigenvalue weighted by molar-refractivity contribution is -0.243. The normalized spacial score (nSPS) is 51.4. The quantitative estimate of drug-likeness (QED) is 0.413. The van der Waals surface area contributed by atoms with E-state index in [1.54, 1.807) is 0 Å². The standard InChI is InChI=1S/C30H45NO3/c1-25(2)10-12-30(34)13-11-29(7)23(19(30)16-25)20(32)14-22-27(5)15-18(17-31)24(33)26(3,4)21(27)8-9-28(22,29)6/h19,21-23,33-34H,8-16H2,1-7H3/t19-,21-,22+,23-,27-,28+,29+,30-/m0/s1. The largest absolute Gasteiger partial charge is 0.511 e. The summed E-state index contributed by atoms with van der Waals surface area (Å²) in [5.74, 6) is 1.01. The Hall–Kier alpha value is -1.34. The van der Waals surface area contributed by atoms with Crippen molar-refractivity contribution in [2.75, 3.05) is 0 Å². The molecule has 4 nitrogen and oxygen atoms in total. The molecule has 5 aliphatic carbocycles. The zero-order chi connectivity index (χ0) is 25.1. The summed E-state index contributed by atoms with van der Waals surface area (Å²) in [4.78, 5) is 14.2. The fourth-order valence-electron chi connectivity index (χ4n) is 10.6. The van der Waals surface area contributed by atoms with Crippen LogP contribution in [0.15, 0.2) is 11.3 Å². The van der Waals surface area contributed by atoms with Crippen LogP contribution >= 0.6 is 0 Å². The second-order valence-electron chi connectivity index (χ2n) is 15.0. The molecule has 4 heteroatoms. The number of aliphatic hydroxyl groups is 2. The van der Waals surface area contributed by atoms with Crippen molar-refractivity contribution in [1.29, 1.82) is 5.26 Å². The lowest BCUT2D eigenvalue weighted by atomic mass is 9.32. The van der Waals surface area contributed by atoms with Gasteiger partial charge in [0, 0.05) is 17.8 Å². The third kappa shape index (κ3) is 2.83. The van der Waals surface area contributed by atoms with E-state index < -0.39 is 11.0 Å². The predicted molar refractivity (Wildman–Crippen MR) is 133 cm³/mol. The molecule has 0 unspecified atom stereocenters. The van der Waals surface area contributed by atoms with E-state index in [0.29, 0.717) is 24.2 Å². The highest BCUT2D eigenvalue weighted by Crippen LogP contribution is 2.75. The third-order valence-corrected chi connectivity index (χ3v) is 12.7. The Kier molecular flexibility index (Phi) is 4.95. The molecule has 5 rings (SSSR count). The minimum atomic E-state index is -0.699. The van der Waals surface area contributed by atoms with Gasteiger partial charge in [0.05, 0.1) is 17.2 Å². The zero-order valence-electron chi connectivity index (χ0n) is 22.4. The molecule has 5 aliphatic rings. The van der Waals surface area contributed by atoms with E-state index in [1.165, 1.54) is 0 Å². The topological polar surface area (TPSA) is 81.3 Å². The summed E-state index contributed by atoms with van der Waals surface area (Å²) in [6, 6.07) is 2.32. The summed E-state index contributed by atoms with van der Waals surface area (Å²) in [7, 11) is 0. The van der Waals surface area contributed by atoms with Gasteiger partial charge >= 0.3 is 0 Å². The van der Waals surface area contributed by atoms with Crippen molar-refractivity contribution in [3.63, 3.8) is 0 Å². The number of allylic oxidation sites excluding steroid dienone is 2. The van der Waals surface area contributed by atoms with Gasteiger partial charge in [-0.25, -0.2) is 0 Å². The lowest BCUT2D eigenvalue weighted by Crippen LogP contribution is -2.69. The number of carbonyl (C=O) groups is 1. The van der Waals surface area contributed by atoms with Gasteiger partial charge in [-0.05, 0) is 90.8 Å². The number of aliphatic hydroxyl groups excluding tert-OH is 1. The molecule has 34 heavy (non-hydrogen) atoms. The number of nitrogens with zero attached hydrogens (tertiary/aromatic N) is 1. The first-order valence-electron chi connectivity index (χ1n) is 13.6. The van der Waals surface area contributed by atoms with Crippen molar-refractivity contribution in [2.24, 2.45) is 50.7 Å². The van der Waals surface area contributed by atoms with Gasteiger partial charge in [-0.15, -0.1) is 0 Å². The van der Waals surface area contributed by atoms with E-state index >= 15 is 0 Å². The van der Waals surface area contributed by atoms with Crippen LogP contribution in [0.5, 0.6) is 0 Å². The Labute approximate surface area is 206 Å². The molecule has 2 N–H and O–H groups in total. The number of Topliss-reactive ketones (excluding diaryl/α,β-unsaturated/α-hetero) is 1. The van der Waals surface area contributed by atoms with Gasteiger partial charge in [0.25, 0.3) is 0 Å². The van der Waals surface area contributed by atoms with Crippen LogP contribution in [-0.2, 0) is 4.79 Å². The highest BCUT2D eigenvalue weighted by Gasteiger charge is 2.72. The summed E-state index contributed by atoms with van der Waals surface area (Å²) >= 11 is 0. The average Bonchev–Trinajstić information content (AvgIpc) is 2.74. The van der Waals surface area contributed by atoms with Crippen molar-refractivity contribution < 1.29 is 15.0 Å². The maximum Gasteiger partial charge on any atom is 0.137 e. The van der Waals surface area contributed by atoms with Crippen molar-refractivity contribution in [2.45, 2.75) is 112 Å². The molecular weight excluding hydrogens is 422 g/mol. The van der Waals surface area contributed by atoms with E-state index in [9.17, 15) is 20.3 Å². The van der Waals surface area contributed by atoms with Crippen LogP contribution in [0.4, 0.5) is 0 Å². The molecule has 0 saturated heterocycles. The van der Waals surface area contributed by atoms with Gasteiger partial charge in [0.2, 0.25) is 0 Å². The minimum Gasteiger partial charge on any atom is -0.511 e. The van der Waals surface area contributed by atoms with Crippen molar-refractivity contribution >= 4 is 5.78 Å². The second kappa shape index (κ2) is 6.90. The molecule has 188 valence electrons. The summed E-state index contributed by atoms with van der Waals surface area (Å²) in [6.07, 6.45) is 7.64. The summed E-state index contributed by atoms with van der Waals surface area (Å²) in [5, 5.41) is 32.6. The van der Waals surface area contributed by atoms with Crippen molar-refractivity contribution in [3.8, 4) is 6.07 Å². The smallest absolute Gasteiger partial charge is 0.137 e. The Morgan fingerprint density at radius 2 is 1.56 bits per heavy atom. The molecule has 0 aromatic heterocycles. The number of fused-ring (bicyclic) bond motifs is 7. The number of hydrogen-bond acceptors (Lipinski definition) is 4. The molecule has 0 amide bonds. The first-order chi connectivity index (χ1) is 15.6. The highest BCUT2D eigenvalue weighted by atomic mass is 16.3. The molecule has 0 radical (unpaired) electrons. The summed E-state index contributed by atoms with van der Waals surface area (Å²) < 4.78 is 0. The molecule has 0 heterocycles. The summed E-state index contributed by atoms with van der Waals surface area (Å²) in [6.45, 7) is 15.9. The maximum absolute atomic E-state index is 14.2. The van der Waals surface area contributed by atoms with Gasteiger partial charge in [-0.1, -0.05) is 48.5 Å². The number of nitriles is 1. The molecular formula is C30H45NO3. The van der Waals surface area contributed by atoms with E-state index in [-0.39, 0.29) is 51.1 Å². The minimum absolute atomic E-state index is 0.0245. The number of hydrogen-bond donors (Lipinski definition) is 2. The van der Waals surface area contributed by atoms with Gasteiger partial charge < -0.3 is 10.2 Å². The fraction of sp³-hybridized carbons (Fsp3) is 0.867. The van der Waals surface area contributed by atoms with Gasteiger partial charge in [-0.2, -0.15) is 5.26 Å². The van der Waals surface area contributed by atoms with Crippen LogP contribution in [0.3, 0.4) is 0 Å². The molecule has 8 atom stereocenters. The number of carbonyl (C=O) groups excluding carboxylic acids is 1. The molecule has 0 aliphatic heterocycles. The monoisotopic (exact) mass is 467 g/mol. The Bertz CT molecular complexity index is 1000. The van der Waals surface area contributed by atoms with Gasteiger partial charge in [-0.3, -0.25) is 4.79 Å². The second-order valence-corrected chi connectivity index (χ2v) is 15.0. The Morgan fingerprint density at radius 3 is 2.21 bits per heavy atom. The van der Waals surface area contributed by atoms with Crippen LogP contribution in [0.2, 0.25) is 0 Å². The molecule has 0 bridgehead atoms. The molecule has 4 fully saturated rings. The predicted octanol–water partition coefficient (Wildman–Crippen LogP) is 6.74. The van der Waals surface area contributed by atoms with Crippen LogP contribution in [0.25, 0.3) is 0 Å². The van der Waals surface area contributed by atoms with Crippen LogP contribution in [0, 0.1) is 62.1 Å². The molecule has 0 aromatic rings. The van der Waals surface area contributed by atoms with E-state index in [4.69, 9.17) is 0 Å². The fourth-order valence-corrected chi connectivity index (χ4v) is 10.6. The Balaban J connectivity index is 1.61. The SMILES string of the molecule is CC1(C)CC[C@]2(O)CC[C@]3(C)[C@H](C(=O)C[C@@H]4[C@@]5(C)CC(C#N)=C(O)C(C)(C)[C@@H]5CC[C@]43C)[C@@H]2C1. The highest BCUT2D eigenvalue weighted by molar-refractivity contribution is 5.84. The third-order valence-electron chi connectivity index (χ3n) is 12.7. The number of ketones is 1. The molecule has 0 spiro atoms. The molecule has 4 saturated carbocycles. The van der Waals surface area contributed by atoms with Crippen LogP contribution in [-0.4, -0.2) is 21.6 Å². The zero-order valence-corrected chi connectivity index (χ0v) is 22.4. The molecule has 0 aromatic carbocycles. The summed E-state index contributed by atoms with van der Waals surface area (Å²) in [5.41, 5.74) is -0.852. The number of rotatable bonds is 0. The lowest BCUT2D eigenvalue weighted by Gasteiger charge is -2.72. The first kappa shape index (κ1) is 24.4. The Morgan fingerprint density at radius 1 is 0.912 bits per heavy atom.